The van der Waals surface area contributed by atoms with Gasteiger partial charge in [-0.1, -0.05) is 52.4 Å². The predicted molar refractivity (Wildman–Crippen MR) is 79.7 cm³/mol. The van der Waals surface area contributed by atoms with Crippen molar-refractivity contribution in [2.75, 3.05) is 7.05 Å². The lowest BCUT2D eigenvalue weighted by Crippen LogP contribution is -2.31. The van der Waals surface area contributed by atoms with Crippen LogP contribution in [0.3, 0.4) is 0 Å². The van der Waals surface area contributed by atoms with Gasteiger partial charge < -0.3 is 5.32 Å². The van der Waals surface area contributed by atoms with Crippen LogP contribution in [-0.2, 0) is 0 Å². The van der Waals surface area contributed by atoms with Crippen LogP contribution in [-0.4, -0.2) is 13.1 Å². The van der Waals surface area contributed by atoms with E-state index in [-0.39, 0.29) is 0 Å². The maximum Gasteiger partial charge on any atom is 0.0100 e. The summed E-state index contributed by atoms with van der Waals surface area (Å²) < 4.78 is 0. The summed E-state index contributed by atoms with van der Waals surface area (Å²) in [6, 6.07) is 0.819. The lowest BCUT2D eigenvalue weighted by Gasteiger charge is -2.23. The van der Waals surface area contributed by atoms with E-state index in [1.54, 1.807) is 0 Å². The second-order valence-corrected chi connectivity index (χ2v) is 6.74. The average molecular weight is 251 g/mol. The molecule has 2 rings (SSSR count). The molecule has 0 spiro atoms. The zero-order chi connectivity index (χ0) is 13.0. The topological polar surface area (TPSA) is 12.0 Å². The highest BCUT2D eigenvalue weighted by molar-refractivity contribution is 5.04. The van der Waals surface area contributed by atoms with Gasteiger partial charge in [-0.25, -0.2) is 0 Å². The molecule has 0 bridgehead atoms. The van der Waals surface area contributed by atoms with Crippen molar-refractivity contribution >= 4 is 0 Å². The van der Waals surface area contributed by atoms with Crippen LogP contribution in [0.25, 0.3) is 0 Å². The van der Waals surface area contributed by atoms with Crippen molar-refractivity contribution in [3.63, 3.8) is 0 Å². The zero-order valence-electron chi connectivity index (χ0n) is 12.8. The first-order valence-corrected chi connectivity index (χ1v) is 8.49. The molecule has 2 aliphatic rings. The molecule has 1 heteroatoms. The highest BCUT2D eigenvalue weighted by Crippen LogP contribution is 2.57. The fourth-order valence-corrected chi connectivity index (χ4v) is 4.45. The summed E-state index contributed by atoms with van der Waals surface area (Å²) in [5.74, 6) is 4.19. The molecule has 0 aromatic heterocycles. The maximum atomic E-state index is 3.66. The summed E-state index contributed by atoms with van der Waals surface area (Å²) in [6.07, 6.45) is 13.1. The average Bonchev–Trinajstić information content (AvgIpc) is 3.14. The molecule has 0 radical (unpaired) electrons. The molecule has 0 amide bonds. The number of fused-ring (bicyclic) bond motifs is 1. The van der Waals surface area contributed by atoms with E-state index in [0.29, 0.717) is 0 Å². The van der Waals surface area contributed by atoms with E-state index in [9.17, 15) is 0 Å². The monoisotopic (exact) mass is 251 g/mol. The number of hydrogen-bond acceptors (Lipinski definition) is 1. The Hall–Kier alpha value is -0.0400. The Morgan fingerprint density at radius 3 is 2.28 bits per heavy atom. The second-order valence-electron chi connectivity index (χ2n) is 6.74. The molecular formula is C17H33N. The summed E-state index contributed by atoms with van der Waals surface area (Å²) >= 11 is 0. The van der Waals surface area contributed by atoms with Crippen molar-refractivity contribution in [2.24, 2.45) is 23.7 Å². The molecule has 4 atom stereocenters. The van der Waals surface area contributed by atoms with Gasteiger partial charge >= 0.3 is 0 Å². The Morgan fingerprint density at radius 2 is 1.78 bits per heavy atom. The Kier molecular flexibility index (Phi) is 5.54. The van der Waals surface area contributed by atoms with Crippen LogP contribution < -0.4 is 5.32 Å². The molecule has 0 aromatic carbocycles. The number of rotatable bonds is 8. The maximum absolute atomic E-state index is 3.66. The SMILES string of the molecule is CCCCC(CC)CC(NC)C1C2CCCCC21. The predicted octanol–water partition coefficient (Wildman–Crippen LogP) is 4.62. The van der Waals surface area contributed by atoms with Gasteiger partial charge in [-0.3, -0.25) is 0 Å². The van der Waals surface area contributed by atoms with Gasteiger partial charge in [0.15, 0.2) is 0 Å². The van der Waals surface area contributed by atoms with Crippen LogP contribution in [0.15, 0.2) is 0 Å². The van der Waals surface area contributed by atoms with E-state index >= 15 is 0 Å². The smallest absolute Gasteiger partial charge is 0.0100 e. The molecule has 1 N–H and O–H groups in total. The third kappa shape index (κ3) is 3.29. The van der Waals surface area contributed by atoms with Gasteiger partial charge in [0.05, 0.1) is 0 Å². The van der Waals surface area contributed by atoms with Crippen LogP contribution in [0.1, 0.15) is 71.6 Å². The number of unbranched alkanes of at least 4 members (excludes halogenated alkanes) is 1. The van der Waals surface area contributed by atoms with Gasteiger partial charge in [0, 0.05) is 6.04 Å². The Balaban J connectivity index is 1.81. The van der Waals surface area contributed by atoms with Crippen molar-refractivity contribution in [1.29, 1.82) is 0 Å². The van der Waals surface area contributed by atoms with E-state index in [1.807, 2.05) is 0 Å². The van der Waals surface area contributed by atoms with E-state index in [0.717, 1.165) is 29.7 Å². The molecule has 0 aromatic rings. The van der Waals surface area contributed by atoms with E-state index < -0.39 is 0 Å². The Morgan fingerprint density at radius 1 is 1.11 bits per heavy atom. The molecule has 4 unspecified atom stereocenters. The van der Waals surface area contributed by atoms with Crippen molar-refractivity contribution in [2.45, 2.75) is 77.7 Å². The minimum absolute atomic E-state index is 0.819. The molecule has 2 aliphatic carbocycles. The lowest BCUT2D eigenvalue weighted by atomic mass is 9.89. The highest BCUT2D eigenvalue weighted by atomic mass is 14.9. The van der Waals surface area contributed by atoms with E-state index in [1.165, 1.54) is 57.8 Å². The second kappa shape index (κ2) is 6.93. The van der Waals surface area contributed by atoms with Crippen LogP contribution in [0.4, 0.5) is 0 Å². The van der Waals surface area contributed by atoms with Gasteiger partial charge in [0.25, 0.3) is 0 Å². The van der Waals surface area contributed by atoms with Crippen molar-refractivity contribution in [3.8, 4) is 0 Å². The summed E-state index contributed by atoms with van der Waals surface area (Å²) in [5.41, 5.74) is 0. The summed E-state index contributed by atoms with van der Waals surface area (Å²) in [4.78, 5) is 0. The summed E-state index contributed by atoms with van der Waals surface area (Å²) in [6.45, 7) is 4.70. The number of hydrogen-bond donors (Lipinski definition) is 1. The molecule has 18 heavy (non-hydrogen) atoms. The fourth-order valence-electron chi connectivity index (χ4n) is 4.45. The third-order valence-electron chi connectivity index (χ3n) is 5.69. The van der Waals surface area contributed by atoms with Crippen LogP contribution in [0.2, 0.25) is 0 Å². The molecule has 2 fully saturated rings. The quantitative estimate of drug-likeness (QED) is 0.664. The third-order valence-corrected chi connectivity index (χ3v) is 5.69. The van der Waals surface area contributed by atoms with Crippen LogP contribution in [0.5, 0.6) is 0 Å². The molecule has 106 valence electrons. The molecule has 0 heterocycles. The van der Waals surface area contributed by atoms with Crippen LogP contribution in [0, 0.1) is 23.7 Å². The summed E-state index contributed by atoms with van der Waals surface area (Å²) in [7, 11) is 2.20. The Bertz CT molecular complexity index is 226. The van der Waals surface area contributed by atoms with Gasteiger partial charge in [-0.2, -0.15) is 0 Å². The first kappa shape index (κ1) is 14.4. The van der Waals surface area contributed by atoms with Gasteiger partial charge in [-0.05, 0) is 50.0 Å². The fraction of sp³-hybridized carbons (Fsp3) is 1.00. The van der Waals surface area contributed by atoms with Gasteiger partial charge in [0.1, 0.15) is 0 Å². The van der Waals surface area contributed by atoms with Crippen molar-refractivity contribution < 1.29 is 0 Å². The molecular weight excluding hydrogens is 218 g/mol. The number of nitrogens with one attached hydrogen (secondary N) is 1. The van der Waals surface area contributed by atoms with Gasteiger partial charge in [-0.15, -0.1) is 0 Å². The standard InChI is InChI=1S/C17H33N/c1-4-6-9-13(5-2)12-16(18-3)17-14-10-7-8-11-15(14)17/h13-18H,4-12H2,1-3H3. The van der Waals surface area contributed by atoms with Gasteiger partial charge in [0.2, 0.25) is 0 Å². The first-order valence-electron chi connectivity index (χ1n) is 8.49. The first-order chi connectivity index (χ1) is 8.81. The molecule has 0 saturated heterocycles. The van der Waals surface area contributed by atoms with E-state index in [4.69, 9.17) is 0 Å². The largest absolute Gasteiger partial charge is 0.317 e. The lowest BCUT2D eigenvalue weighted by molar-refractivity contribution is 0.326. The zero-order valence-corrected chi connectivity index (χ0v) is 12.8. The van der Waals surface area contributed by atoms with Crippen LogP contribution >= 0.6 is 0 Å². The Labute approximate surface area is 114 Å². The minimum atomic E-state index is 0.819. The van der Waals surface area contributed by atoms with Crippen molar-refractivity contribution in [1.82, 2.24) is 5.32 Å². The normalized spacial score (nSPS) is 33.8. The minimum Gasteiger partial charge on any atom is -0.317 e. The highest BCUT2D eigenvalue weighted by Gasteiger charge is 2.53. The van der Waals surface area contributed by atoms with Crippen molar-refractivity contribution in [3.05, 3.63) is 0 Å². The van der Waals surface area contributed by atoms with E-state index in [2.05, 4.69) is 26.2 Å². The molecule has 1 nitrogen and oxygen atoms in total. The molecule has 0 aliphatic heterocycles. The summed E-state index contributed by atoms with van der Waals surface area (Å²) in [5, 5.41) is 3.66. The molecule has 2 saturated carbocycles.